The molecule has 2 unspecified atom stereocenters. The van der Waals surface area contributed by atoms with Crippen LogP contribution in [0.5, 0.6) is 0 Å². The Labute approximate surface area is 136 Å². The Morgan fingerprint density at radius 1 is 0.917 bits per heavy atom. The van der Waals surface area contributed by atoms with Crippen LogP contribution in [-0.2, 0) is 28.6 Å². The van der Waals surface area contributed by atoms with Crippen LogP contribution < -0.4 is 0 Å². The van der Waals surface area contributed by atoms with Gasteiger partial charge in [0, 0.05) is 6.16 Å². The predicted octanol–water partition coefficient (Wildman–Crippen LogP) is -1.08. The molecule has 0 radical (unpaired) electrons. The molecule has 13 nitrogen and oxygen atoms in total. The summed E-state index contributed by atoms with van der Waals surface area (Å²) < 4.78 is 63.8. The molecule has 0 heterocycles. The van der Waals surface area contributed by atoms with Crippen molar-refractivity contribution in [2.45, 2.75) is 11.8 Å². The van der Waals surface area contributed by atoms with E-state index in [-0.39, 0.29) is 0 Å². The number of carboxylic acids is 1. The number of carboxylic acid groups (broad SMARTS) is 1. The van der Waals surface area contributed by atoms with Crippen LogP contribution in [0.25, 0.3) is 0 Å². The molecule has 2 atom stereocenters. The Morgan fingerprint density at radius 2 is 1.33 bits per heavy atom. The number of rotatable bonds is 10. The van der Waals surface area contributed by atoms with Gasteiger partial charge in [-0.1, -0.05) is 0 Å². The lowest BCUT2D eigenvalue weighted by atomic mass is 10.1. The minimum absolute atomic E-state index is 0.783. The average Bonchev–Trinajstić information content (AvgIpc) is 2.27. The fraction of sp³-hybridized carbons (Fsp3) is 0.857. The summed E-state index contributed by atoms with van der Waals surface area (Å²) in [6.45, 7) is 0. The van der Waals surface area contributed by atoms with E-state index in [0.29, 0.717) is 0 Å². The maximum atomic E-state index is 12.0. The van der Waals surface area contributed by atoms with E-state index >= 15 is 0 Å². The highest BCUT2D eigenvalue weighted by Gasteiger charge is 2.47. The summed E-state index contributed by atoms with van der Waals surface area (Å²) in [5.41, 5.74) is 0. The Kier molecular flexibility index (Phi) is 8.00. The average molecular weight is 434 g/mol. The third-order valence-electron chi connectivity index (χ3n) is 2.80. The van der Waals surface area contributed by atoms with E-state index in [2.05, 4.69) is 0 Å². The van der Waals surface area contributed by atoms with E-state index in [1.54, 1.807) is 0 Å². The standard InChI is InChI=1S/C7H17O13P3S/c8-7(9)5(1-2-24(18,19)20)3-21(10,11)4-6(22(12,13)14)23(15,16)17/h5-6H,1-4H2,(H,8,9)(H,10,11)(H2,12,13,14)(H2,15,16,17)(H,18,19,20). The van der Waals surface area contributed by atoms with Crippen LogP contribution in [-0.4, -0.2) is 72.0 Å². The fourth-order valence-corrected chi connectivity index (χ4v) is 8.74. The molecule has 0 aromatic heterocycles. The molecule has 0 fully saturated rings. The van der Waals surface area contributed by atoms with Crippen LogP contribution >= 0.6 is 22.6 Å². The summed E-state index contributed by atoms with van der Waals surface area (Å²) in [5.74, 6) is -4.57. The van der Waals surface area contributed by atoms with E-state index in [1.807, 2.05) is 0 Å². The minimum atomic E-state index is -5.48. The van der Waals surface area contributed by atoms with Crippen LogP contribution in [0.3, 0.4) is 0 Å². The third-order valence-corrected chi connectivity index (χ3v) is 9.80. The molecule has 0 aliphatic rings. The van der Waals surface area contributed by atoms with E-state index in [4.69, 9.17) is 29.2 Å². The van der Waals surface area contributed by atoms with E-state index in [1.165, 1.54) is 0 Å². The van der Waals surface area contributed by atoms with Gasteiger partial charge in [-0.15, -0.1) is 0 Å². The second-order valence-electron chi connectivity index (χ2n) is 4.98. The summed E-state index contributed by atoms with van der Waals surface area (Å²) in [6, 6.07) is 0. The van der Waals surface area contributed by atoms with Crippen LogP contribution in [0, 0.1) is 5.92 Å². The van der Waals surface area contributed by atoms with Crippen molar-refractivity contribution in [2.75, 3.05) is 18.1 Å². The van der Waals surface area contributed by atoms with Gasteiger partial charge in [-0.25, -0.2) is 0 Å². The molecule has 144 valence electrons. The number of hydrogen-bond donors (Lipinski definition) is 7. The highest BCUT2D eigenvalue weighted by atomic mass is 32.2. The second-order valence-corrected chi connectivity index (χ2v) is 13.0. The summed E-state index contributed by atoms with van der Waals surface area (Å²) >= 11 is 0. The first kappa shape index (κ1) is 23.9. The molecule has 0 spiro atoms. The van der Waals surface area contributed by atoms with Gasteiger partial charge in [0.15, 0.2) is 5.40 Å². The molecule has 0 aliphatic heterocycles. The van der Waals surface area contributed by atoms with Gasteiger partial charge < -0.3 is 29.6 Å². The maximum absolute atomic E-state index is 12.0. The van der Waals surface area contributed by atoms with Gasteiger partial charge in [0.25, 0.3) is 10.1 Å². The molecule has 0 saturated heterocycles. The highest BCUT2D eigenvalue weighted by molar-refractivity contribution is 7.85. The molecule has 0 aliphatic carbocycles. The van der Waals surface area contributed by atoms with Crippen LogP contribution in [0.1, 0.15) is 6.42 Å². The van der Waals surface area contributed by atoms with Crippen LogP contribution in [0.15, 0.2) is 0 Å². The molecule has 0 aromatic rings. The molecular formula is C7H17O13P3S. The van der Waals surface area contributed by atoms with Crippen LogP contribution in [0.4, 0.5) is 0 Å². The number of hydrogen-bond acceptors (Lipinski definition) is 6. The van der Waals surface area contributed by atoms with Crippen molar-refractivity contribution in [3.63, 3.8) is 0 Å². The first-order chi connectivity index (χ1) is 10.4. The maximum Gasteiger partial charge on any atom is 0.341 e. The Balaban J connectivity index is 5.34. The van der Waals surface area contributed by atoms with Crippen molar-refractivity contribution in [1.82, 2.24) is 0 Å². The number of carbonyl (C=O) groups is 1. The lowest BCUT2D eigenvalue weighted by Crippen LogP contribution is -2.24. The normalized spacial score (nSPS) is 17.5. The second kappa shape index (κ2) is 8.05. The Hall–Kier alpha value is -0.130. The zero-order chi connectivity index (χ0) is 19.6. The zero-order valence-electron chi connectivity index (χ0n) is 11.8. The summed E-state index contributed by atoms with van der Waals surface area (Å²) in [4.78, 5) is 56.2. The van der Waals surface area contributed by atoms with Gasteiger partial charge in [0.2, 0.25) is 7.37 Å². The Bertz CT molecular complexity index is 679. The van der Waals surface area contributed by atoms with Crippen molar-refractivity contribution >= 4 is 38.6 Å². The molecular weight excluding hydrogens is 417 g/mol. The quantitative estimate of drug-likeness (QED) is 0.160. The molecule has 0 bridgehead atoms. The first-order valence-corrected chi connectivity index (χ1v) is 12.9. The van der Waals surface area contributed by atoms with Crippen molar-refractivity contribution in [2.24, 2.45) is 5.92 Å². The monoisotopic (exact) mass is 434 g/mol. The van der Waals surface area contributed by atoms with Crippen molar-refractivity contribution in [3.8, 4) is 0 Å². The molecule has 0 aromatic carbocycles. The first-order valence-electron chi connectivity index (χ1n) is 5.94. The van der Waals surface area contributed by atoms with Gasteiger partial charge in [0.1, 0.15) is 0 Å². The molecule has 0 rings (SSSR count). The van der Waals surface area contributed by atoms with Crippen molar-refractivity contribution in [3.05, 3.63) is 0 Å². The third kappa shape index (κ3) is 9.38. The largest absolute Gasteiger partial charge is 0.481 e. The van der Waals surface area contributed by atoms with Gasteiger partial charge in [-0.2, -0.15) is 8.42 Å². The zero-order valence-corrected chi connectivity index (χ0v) is 15.3. The van der Waals surface area contributed by atoms with Crippen molar-refractivity contribution in [1.29, 1.82) is 0 Å². The topological polar surface area (TPSA) is 244 Å². The molecule has 0 saturated carbocycles. The molecule has 24 heavy (non-hydrogen) atoms. The van der Waals surface area contributed by atoms with E-state index < -0.39 is 74.5 Å². The van der Waals surface area contributed by atoms with Crippen molar-refractivity contribution < 1.29 is 61.0 Å². The summed E-state index contributed by atoms with van der Waals surface area (Å²) in [5, 5.41) is 6.08. The Morgan fingerprint density at radius 3 is 1.62 bits per heavy atom. The minimum Gasteiger partial charge on any atom is -0.481 e. The smallest absolute Gasteiger partial charge is 0.341 e. The summed E-state index contributed by atoms with van der Waals surface area (Å²) in [6.07, 6.45) is -3.53. The molecule has 7 N–H and O–H groups in total. The van der Waals surface area contributed by atoms with E-state index in [0.717, 1.165) is 0 Å². The molecule has 17 heteroatoms. The SMILES string of the molecule is O=C(O)C(CCS(=O)(=O)O)CP(=O)(O)CC(P(=O)(O)O)P(=O)(O)O. The molecule has 0 amide bonds. The van der Waals surface area contributed by atoms with Crippen LogP contribution in [0.2, 0.25) is 0 Å². The number of aliphatic carboxylic acids is 1. The van der Waals surface area contributed by atoms with Gasteiger partial charge in [-0.05, 0) is 6.42 Å². The van der Waals surface area contributed by atoms with E-state index in [9.17, 15) is 31.8 Å². The highest BCUT2D eigenvalue weighted by Crippen LogP contribution is 2.64. The lowest BCUT2D eigenvalue weighted by Gasteiger charge is -2.23. The summed E-state index contributed by atoms with van der Waals surface area (Å²) in [7, 11) is -20.3. The fourth-order valence-electron chi connectivity index (χ4n) is 1.67. The lowest BCUT2D eigenvalue weighted by molar-refractivity contribution is -0.141. The predicted molar refractivity (Wildman–Crippen MR) is 79.6 cm³/mol. The van der Waals surface area contributed by atoms with Gasteiger partial charge >= 0.3 is 21.2 Å². The van der Waals surface area contributed by atoms with Gasteiger partial charge in [-0.3, -0.25) is 23.0 Å². The van der Waals surface area contributed by atoms with Gasteiger partial charge in [0.05, 0.1) is 17.8 Å².